The van der Waals surface area contributed by atoms with Gasteiger partial charge in [0.2, 0.25) is 0 Å². The molecule has 0 amide bonds. The van der Waals surface area contributed by atoms with Crippen LogP contribution in [0.3, 0.4) is 0 Å². The van der Waals surface area contributed by atoms with Crippen molar-refractivity contribution < 1.29 is 0 Å². The van der Waals surface area contributed by atoms with Crippen molar-refractivity contribution in [2.75, 3.05) is 0 Å². The van der Waals surface area contributed by atoms with Gasteiger partial charge in [-0.3, -0.25) is 0 Å². The average Bonchev–Trinajstić information content (AvgIpc) is 3.66. The summed E-state index contributed by atoms with van der Waals surface area (Å²) in [6.45, 7) is 4.81. The topological polar surface area (TPSA) is 0 Å². The molecule has 64 heavy (non-hydrogen) atoms. The molecule has 11 aromatic carbocycles. The number of fused-ring (bicyclic) bond motifs is 6. The summed E-state index contributed by atoms with van der Waals surface area (Å²) >= 11 is 0. The highest BCUT2D eigenvalue weighted by atomic mass is 14.5. The lowest BCUT2D eigenvalue weighted by molar-refractivity contribution is 0.447. The monoisotopic (exact) mass is 814 g/mol. The SMILES string of the molecule is CC(C)C1(c2ccc3ccccc3c2)c2ccccc2-c2ccc(-c3c4ccccc4c(-c4ccc(-c5cc(-c6ccccc6)cc(-c6ccccc6)c5)cc4)c4ccccc34)cc21. The normalized spacial score (nSPS) is 14.3. The minimum atomic E-state index is -0.318. The van der Waals surface area contributed by atoms with Crippen LogP contribution in [0.4, 0.5) is 0 Å². The van der Waals surface area contributed by atoms with Gasteiger partial charge in [-0.25, -0.2) is 0 Å². The van der Waals surface area contributed by atoms with Gasteiger partial charge in [0.05, 0.1) is 0 Å². The Hall–Kier alpha value is -7.80. The molecule has 0 saturated heterocycles. The summed E-state index contributed by atoms with van der Waals surface area (Å²) in [5.41, 5.74) is 18.8. The van der Waals surface area contributed by atoms with Gasteiger partial charge in [0.15, 0.2) is 0 Å². The highest BCUT2D eigenvalue weighted by Gasteiger charge is 2.47. The van der Waals surface area contributed by atoms with Crippen LogP contribution in [0.25, 0.3) is 99.1 Å². The molecule has 1 aliphatic rings. The molecule has 0 spiro atoms. The maximum absolute atomic E-state index is 2.54. The maximum Gasteiger partial charge on any atom is 0.0486 e. The van der Waals surface area contributed by atoms with Crippen molar-refractivity contribution in [3.63, 3.8) is 0 Å². The van der Waals surface area contributed by atoms with Gasteiger partial charge in [0, 0.05) is 5.41 Å². The van der Waals surface area contributed by atoms with Crippen LogP contribution in [0.5, 0.6) is 0 Å². The van der Waals surface area contributed by atoms with Gasteiger partial charge in [-0.05, 0) is 152 Å². The third-order valence-electron chi connectivity index (χ3n) is 14.0. The second-order valence-corrected chi connectivity index (χ2v) is 17.8. The largest absolute Gasteiger partial charge is 0.0622 e. The number of hydrogen-bond donors (Lipinski definition) is 0. The van der Waals surface area contributed by atoms with Crippen molar-refractivity contribution in [2.24, 2.45) is 5.92 Å². The first-order valence-corrected chi connectivity index (χ1v) is 22.6. The highest BCUT2D eigenvalue weighted by molar-refractivity contribution is 6.21. The van der Waals surface area contributed by atoms with Crippen LogP contribution < -0.4 is 0 Å². The van der Waals surface area contributed by atoms with E-state index >= 15 is 0 Å². The Morgan fingerprint density at radius 1 is 0.281 bits per heavy atom. The van der Waals surface area contributed by atoms with Crippen molar-refractivity contribution >= 4 is 32.3 Å². The fourth-order valence-electron chi connectivity index (χ4n) is 11.1. The summed E-state index contributed by atoms with van der Waals surface area (Å²) in [4.78, 5) is 0. The van der Waals surface area contributed by atoms with Crippen LogP contribution in [0.1, 0.15) is 30.5 Å². The summed E-state index contributed by atoms with van der Waals surface area (Å²) in [6, 6.07) is 88.1. The molecule has 0 N–H and O–H groups in total. The van der Waals surface area contributed by atoms with E-state index in [9.17, 15) is 0 Å². The third kappa shape index (κ3) is 5.98. The molecule has 0 nitrogen and oxygen atoms in total. The van der Waals surface area contributed by atoms with E-state index in [0.29, 0.717) is 5.92 Å². The molecule has 0 aromatic heterocycles. The van der Waals surface area contributed by atoms with Crippen LogP contribution in [0, 0.1) is 5.92 Å². The fraction of sp³-hybridized carbons (Fsp3) is 0.0625. The summed E-state index contributed by atoms with van der Waals surface area (Å²) in [5, 5.41) is 7.59. The van der Waals surface area contributed by atoms with E-state index < -0.39 is 0 Å². The Labute approximate surface area is 375 Å². The first-order chi connectivity index (χ1) is 31.6. The van der Waals surface area contributed by atoms with Gasteiger partial charge in [0.25, 0.3) is 0 Å². The van der Waals surface area contributed by atoms with E-state index in [4.69, 9.17) is 0 Å². The lowest BCUT2D eigenvalue weighted by atomic mass is 9.64. The molecule has 0 radical (unpaired) electrons. The summed E-state index contributed by atoms with van der Waals surface area (Å²) in [7, 11) is 0. The summed E-state index contributed by atoms with van der Waals surface area (Å²) in [5.74, 6) is 0.302. The van der Waals surface area contributed by atoms with Crippen LogP contribution in [0.2, 0.25) is 0 Å². The van der Waals surface area contributed by atoms with Crippen LogP contribution in [-0.4, -0.2) is 0 Å². The van der Waals surface area contributed by atoms with E-state index in [1.165, 1.54) is 116 Å². The standard InChI is InChI=1S/C64H46/c1-42(2)64(53-35-33-45-21-9-10-22-48(45)40-53)60-28-16-15-23-54(60)55-36-34-49(41-61(55)64)63-58-26-13-11-24-56(58)62(57-25-12-14-27-59(57)63)47-31-29-46(30-32-47)52-38-50(43-17-5-3-6-18-43)37-51(39-52)44-19-7-4-8-20-44/h3-42H,1-2H3. The molecule has 1 unspecified atom stereocenters. The van der Waals surface area contributed by atoms with E-state index in [-0.39, 0.29) is 5.41 Å². The van der Waals surface area contributed by atoms with Gasteiger partial charge in [-0.2, -0.15) is 0 Å². The van der Waals surface area contributed by atoms with Crippen LogP contribution >= 0.6 is 0 Å². The minimum absolute atomic E-state index is 0.302. The maximum atomic E-state index is 2.54. The number of benzene rings is 11. The molecular formula is C64H46. The number of hydrogen-bond acceptors (Lipinski definition) is 0. The molecule has 302 valence electrons. The Balaban J connectivity index is 1.02. The van der Waals surface area contributed by atoms with Gasteiger partial charge in [-0.1, -0.05) is 220 Å². The van der Waals surface area contributed by atoms with Crippen molar-refractivity contribution in [1.29, 1.82) is 0 Å². The zero-order valence-electron chi connectivity index (χ0n) is 36.1. The predicted octanol–water partition coefficient (Wildman–Crippen LogP) is 17.5. The molecular weight excluding hydrogens is 769 g/mol. The highest BCUT2D eigenvalue weighted by Crippen LogP contribution is 2.58. The average molecular weight is 815 g/mol. The molecule has 11 aromatic rings. The Morgan fingerprint density at radius 3 is 1.30 bits per heavy atom. The Bertz CT molecular complexity index is 3440. The molecule has 0 fully saturated rings. The quantitative estimate of drug-likeness (QED) is 0.141. The smallest absolute Gasteiger partial charge is 0.0486 e. The van der Waals surface area contributed by atoms with E-state index in [1.54, 1.807) is 0 Å². The van der Waals surface area contributed by atoms with Gasteiger partial charge in [-0.15, -0.1) is 0 Å². The molecule has 1 atom stereocenters. The Kier molecular flexibility index (Phi) is 9.02. The predicted molar refractivity (Wildman–Crippen MR) is 273 cm³/mol. The van der Waals surface area contributed by atoms with Gasteiger partial charge in [0.1, 0.15) is 0 Å². The van der Waals surface area contributed by atoms with Crippen molar-refractivity contribution in [2.45, 2.75) is 19.3 Å². The first-order valence-electron chi connectivity index (χ1n) is 22.6. The van der Waals surface area contributed by atoms with E-state index in [0.717, 1.165) is 0 Å². The molecule has 0 heterocycles. The third-order valence-corrected chi connectivity index (χ3v) is 14.0. The van der Waals surface area contributed by atoms with E-state index in [1.807, 2.05) is 0 Å². The molecule has 0 aliphatic heterocycles. The van der Waals surface area contributed by atoms with E-state index in [2.05, 4.69) is 250 Å². The Morgan fingerprint density at radius 2 is 0.719 bits per heavy atom. The van der Waals surface area contributed by atoms with Gasteiger partial charge < -0.3 is 0 Å². The van der Waals surface area contributed by atoms with Crippen LogP contribution in [0.15, 0.2) is 237 Å². The zero-order chi connectivity index (χ0) is 42.8. The molecule has 0 saturated carbocycles. The second-order valence-electron chi connectivity index (χ2n) is 17.8. The summed E-state index contributed by atoms with van der Waals surface area (Å²) in [6.07, 6.45) is 0. The first kappa shape index (κ1) is 37.9. The second kappa shape index (κ2) is 15.2. The van der Waals surface area contributed by atoms with Crippen molar-refractivity contribution in [1.82, 2.24) is 0 Å². The van der Waals surface area contributed by atoms with Crippen molar-refractivity contribution in [3.05, 3.63) is 253 Å². The molecule has 1 aliphatic carbocycles. The fourth-order valence-corrected chi connectivity index (χ4v) is 11.1. The molecule has 0 bridgehead atoms. The summed E-state index contributed by atoms with van der Waals surface area (Å²) < 4.78 is 0. The van der Waals surface area contributed by atoms with Crippen molar-refractivity contribution in [3.8, 4) is 66.8 Å². The van der Waals surface area contributed by atoms with Crippen LogP contribution in [-0.2, 0) is 5.41 Å². The molecule has 12 rings (SSSR count). The molecule has 0 heteroatoms. The lowest BCUT2D eigenvalue weighted by Crippen LogP contribution is -2.33. The minimum Gasteiger partial charge on any atom is -0.0622 e. The van der Waals surface area contributed by atoms with Gasteiger partial charge >= 0.3 is 0 Å². The lowest BCUT2D eigenvalue weighted by Gasteiger charge is -2.37. The zero-order valence-corrected chi connectivity index (χ0v) is 36.1. The number of rotatable bonds is 7.